The van der Waals surface area contributed by atoms with Gasteiger partial charge in [0.15, 0.2) is 0 Å². The largest absolute Gasteiger partial charge is 0.508 e. The highest BCUT2D eigenvalue weighted by atomic mass is 16.5. The van der Waals surface area contributed by atoms with Crippen molar-refractivity contribution in [2.24, 2.45) is 0 Å². The molecule has 0 aliphatic carbocycles. The fraction of sp³-hybridized carbons (Fsp3) is 0.182. The molecule has 0 aliphatic rings. The molecule has 1 N–H and O–H groups in total. The molecule has 1 heterocycles. The van der Waals surface area contributed by atoms with Crippen LogP contribution in [0.4, 0.5) is 0 Å². The second-order valence-corrected chi connectivity index (χ2v) is 2.95. The Balaban J connectivity index is 2.62. The van der Waals surface area contributed by atoms with Gasteiger partial charge in [0, 0.05) is 11.6 Å². The topological polar surface area (TPSA) is 42.4 Å². The summed E-state index contributed by atoms with van der Waals surface area (Å²) in [6.45, 7) is 2.51. The lowest BCUT2D eigenvalue weighted by molar-refractivity contribution is 0.331. The average molecular weight is 189 g/mol. The molecule has 14 heavy (non-hydrogen) atoms. The summed E-state index contributed by atoms with van der Waals surface area (Å²) < 4.78 is 5.37. The molecular weight excluding hydrogens is 178 g/mol. The van der Waals surface area contributed by atoms with Gasteiger partial charge in [-0.15, -0.1) is 0 Å². The predicted octanol–water partition coefficient (Wildman–Crippen LogP) is 2.34. The standard InChI is InChI=1S/C11H11NO2/c1-2-14-11-10-4-3-9(13)7-8(10)5-6-12-11/h3-7,13H,2H2,1H3. The lowest BCUT2D eigenvalue weighted by Gasteiger charge is -2.05. The molecule has 0 bridgehead atoms. The normalized spacial score (nSPS) is 10.4. The van der Waals surface area contributed by atoms with E-state index in [1.807, 2.05) is 19.1 Å². The first kappa shape index (κ1) is 8.81. The second kappa shape index (κ2) is 3.54. The molecule has 0 atom stereocenters. The van der Waals surface area contributed by atoms with Gasteiger partial charge in [-0.1, -0.05) is 0 Å². The third-order valence-electron chi connectivity index (χ3n) is 1.99. The fourth-order valence-corrected chi connectivity index (χ4v) is 1.39. The average Bonchev–Trinajstić information content (AvgIpc) is 2.18. The quantitative estimate of drug-likeness (QED) is 0.788. The van der Waals surface area contributed by atoms with Crippen LogP contribution in [0.1, 0.15) is 6.92 Å². The maximum absolute atomic E-state index is 9.29. The third kappa shape index (κ3) is 1.48. The van der Waals surface area contributed by atoms with Crippen molar-refractivity contribution < 1.29 is 9.84 Å². The lowest BCUT2D eigenvalue weighted by Crippen LogP contribution is -1.94. The minimum Gasteiger partial charge on any atom is -0.508 e. The number of nitrogens with zero attached hydrogens (tertiary/aromatic N) is 1. The van der Waals surface area contributed by atoms with Gasteiger partial charge in [0.25, 0.3) is 0 Å². The van der Waals surface area contributed by atoms with E-state index >= 15 is 0 Å². The van der Waals surface area contributed by atoms with Crippen LogP contribution in [0.2, 0.25) is 0 Å². The van der Waals surface area contributed by atoms with Gasteiger partial charge in [0.1, 0.15) is 5.75 Å². The van der Waals surface area contributed by atoms with E-state index in [-0.39, 0.29) is 5.75 Å². The number of hydrogen-bond acceptors (Lipinski definition) is 3. The number of benzene rings is 1. The van der Waals surface area contributed by atoms with E-state index in [9.17, 15) is 5.11 Å². The van der Waals surface area contributed by atoms with Crippen molar-refractivity contribution in [1.29, 1.82) is 0 Å². The zero-order valence-electron chi connectivity index (χ0n) is 7.90. The van der Waals surface area contributed by atoms with Crippen LogP contribution < -0.4 is 4.74 Å². The van der Waals surface area contributed by atoms with Gasteiger partial charge < -0.3 is 9.84 Å². The molecule has 2 aromatic rings. The molecule has 0 spiro atoms. The molecule has 3 heteroatoms. The Morgan fingerprint density at radius 3 is 3.00 bits per heavy atom. The SMILES string of the molecule is CCOc1nccc2cc(O)ccc12. The fourth-order valence-electron chi connectivity index (χ4n) is 1.39. The number of aromatic hydroxyl groups is 1. The van der Waals surface area contributed by atoms with E-state index in [4.69, 9.17) is 4.74 Å². The van der Waals surface area contributed by atoms with Crippen molar-refractivity contribution in [3.8, 4) is 11.6 Å². The summed E-state index contributed by atoms with van der Waals surface area (Å²) in [4.78, 5) is 4.12. The summed E-state index contributed by atoms with van der Waals surface area (Å²) in [7, 11) is 0. The molecule has 1 aromatic carbocycles. The summed E-state index contributed by atoms with van der Waals surface area (Å²) in [6.07, 6.45) is 1.67. The number of phenolic OH excluding ortho intramolecular Hbond substituents is 1. The maximum atomic E-state index is 9.29. The predicted molar refractivity (Wildman–Crippen MR) is 54.6 cm³/mol. The molecule has 3 nitrogen and oxygen atoms in total. The highest BCUT2D eigenvalue weighted by molar-refractivity contribution is 5.87. The molecule has 0 aliphatic heterocycles. The van der Waals surface area contributed by atoms with Crippen LogP contribution in [0.3, 0.4) is 0 Å². The van der Waals surface area contributed by atoms with E-state index < -0.39 is 0 Å². The van der Waals surface area contributed by atoms with Gasteiger partial charge in [-0.05, 0) is 36.6 Å². The van der Waals surface area contributed by atoms with E-state index in [1.54, 1.807) is 18.3 Å². The van der Waals surface area contributed by atoms with Crippen LogP contribution in [-0.2, 0) is 0 Å². The lowest BCUT2D eigenvalue weighted by atomic mass is 10.1. The van der Waals surface area contributed by atoms with Gasteiger partial charge in [-0.2, -0.15) is 0 Å². The van der Waals surface area contributed by atoms with Gasteiger partial charge in [-0.25, -0.2) is 4.98 Å². The minimum absolute atomic E-state index is 0.256. The van der Waals surface area contributed by atoms with Crippen molar-refractivity contribution >= 4 is 10.8 Å². The van der Waals surface area contributed by atoms with Crippen LogP contribution in [-0.4, -0.2) is 16.7 Å². The Bertz CT molecular complexity index is 454. The Labute approximate surface area is 82.0 Å². The van der Waals surface area contributed by atoms with E-state index in [0.29, 0.717) is 12.5 Å². The summed E-state index contributed by atoms with van der Waals surface area (Å²) in [6, 6.07) is 6.98. The van der Waals surface area contributed by atoms with Crippen molar-refractivity contribution in [2.75, 3.05) is 6.61 Å². The number of pyridine rings is 1. The van der Waals surface area contributed by atoms with Crippen LogP contribution >= 0.6 is 0 Å². The zero-order chi connectivity index (χ0) is 9.97. The molecule has 0 unspecified atom stereocenters. The molecule has 2 rings (SSSR count). The molecule has 0 saturated carbocycles. The van der Waals surface area contributed by atoms with E-state index in [1.165, 1.54) is 0 Å². The highest BCUT2D eigenvalue weighted by Crippen LogP contribution is 2.25. The van der Waals surface area contributed by atoms with E-state index in [2.05, 4.69) is 4.98 Å². The first-order chi connectivity index (χ1) is 6.81. The van der Waals surface area contributed by atoms with Gasteiger partial charge in [-0.3, -0.25) is 0 Å². The Kier molecular flexibility index (Phi) is 2.23. The molecule has 0 fully saturated rings. The van der Waals surface area contributed by atoms with Gasteiger partial charge in [0.2, 0.25) is 5.88 Å². The van der Waals surface area contributed by atoms with Crippen LogP contribution in [0.5, 0.6) is 11.6 Å². The number of phenols is 1. The summed E-state index contributed by atoms with van der Waals surface area (Å²) >= 11 is 0. The smallest absolute Gasteiger partial charge is 0.221 e. The summed E-state index contributed by atoms with van der Waals surface area (Å²) in [5.41, 5.74) is 0. The summed E-state index contributed by atoms with van der Waals surface area (Å²) in [5, 5.41) is 11.1. The molecule has 72 valence electrons. The van der Waals surface area contributed by atoms with Crippen molar-refractivity contribution in [2.45, 2.75) is 6.92 Å². The number of fused-ring (bicyclic) bond motifs is 1. The van der Waals surface area contributed by atoms with Crippen LogP contribution in [0.15, 0.2) is 30.5 Å². The first-order valence-electron chi connectivity index (χ1n) is 4.52. The minimum atomic E-state index is 0.256. The van der Waals surface area contributed by atoms with Gasteiger partial charge in [0.05, 0.1) is 6.61 Å². The third-order valence-corrected chi connectivity index (χ3v) is 1.99. The highest BCUT2D eigenvalue weighted by Gasteiger charge is 2.02. The number of rotatable bonds is 2. The molecule has 0 amide bonds. The molecule has 0 saturated heterocycles. The van der Waals surface area contributed by atoms with Crippen LogP contribution in [0, 0.1) is 0 Å². The maximum Gasteiger partial charge on any atom is 0.221 e. The van der Waals surface area contributed by atoms with Crippen molar-refractivity contribution in [1.82, 2.24) is 4.98 Å². The second-order valence-electron chi connectivity index (χ2n) is 2.95. The number of aromatic nitrogens is 1. The Hall–Kier alpha value is -1.77. The monoisotopic (exact) mass is 189 g/mol. The van der Waals surface area contributed by atoms with Crippen molar-refractivity contribution in [3.05, 3.63) is 30.5 Å². The van der Waals surface area contributed by atoms with E-state index in [0.717, 1.165) is 10.8 Å². The summed E-state index contributed by atoms with van der Waals surface area (Å²) in [5.74, 6) is 0.871. The van der Waals surface area contributed by atoms with Crippen molar-refractivity contribution in [3.63, 3.8) is 0 Å². The Morgan fingerprint density at radius 2 is 2.21 bits per heavy atom. The molecular formula is C11H11NO2. The molecule has 1 aromatic heterocycles. The Morgan fingerprint density at radius 1 is 1.36 bits per heavy atom. The zero-order valence-corrected chi connectivity index (χ0v) is 7.90. The molecule has 0 radical (unpaired) electrons. The van der Waals surface area contributed by atoms with Crippen LogP contribution in [0.25, 0.3) is 10.8 Å². The number of hydrogen-bond donors (Lipinski definition) is 1. The number of ether oxygens (including phenoxy) is 1. The first-order valence-corrected chi connectivity index (χ1v) is 4.52. The van der Waals surface area contributed by atoms with Gasteiger partial charge >= 0.3 is 0 Å².